The van der Waals surface area contributed by atoms with Crippen molar-refractivity contribution in [2.24, 2.45) is 0 Å². The third kappa shape index (κ3) is 4.67. The zero-order chi connectivity index (χ0) is 18.8. The van der Waals surface area contributed by atoms with Crippen LogP contribution in [0.15, 0.2) is 53.4 Å². The van der Waals surface area contributed by atoms with Crippen molar-refractivity contribution < 1.29 is 13.6 Å². The molecule has 2 aliphatic rings. The largest absolute Gasteiger partial charge is 0.340 e. The molecule has 2 aromatic rings. The van der Waals surface area contributed by atoms with Crippen molar-refractivity contribution in [1.82, 2.24) is 10.2 Å². The molecular formula is C21H23ClF2N2OS. The fourth-order valence-electron chi connectivity index (χ4n) is 3.88. The minimum Gasteiger partial charge on any atom is -0.340 e. The number of halogens is 3. The van der Waals surface area contributed by atoms with Crippen LogP contribution in [0.4, 0.5) is 8.78 Å². The lowest BCUT2D eigenvalue weighted by molar-refractivity contribution is -0.131. The van der Waals surface area contributed by atoms with E-state index in [0.717, 1.165) is 37.1 Å². The van der Waals surface area contributed by atoms with E-state index in [-0.39, 0.29) is 18.3 Å². The maximum atomic E-state index is 13.7. The van der Waals surface area contributed by atoms with Crippen LogP contribution in [0, 0.1) is 11.6 Å². The second kappa shape index (κ2) is 9.25. The molecule has 0 saturated carbocycles. The van der Waals surface area contributed by atoms with Crippen LogP contribution in [-0.4, -0.2) is 36.0 Å². The summed E-state index contributed by atoms with van der Waals surface area (Å²) in [6.07, 6.45) is 3.23. The summed E-state index contributed by atoms with van der Waals surface area (Å²) in [4.78, 5) is 15.9. The van der Waals surface area contributed by atoms with Crippen LogP contribution >= 0.6 is 24.2 Å². The van der Waals surface area contributed by atoms with Gasteiger partial charge in [-0.15, -0.1) is 24.2 Å². The number of rotatable bonds is 4. The highest BCUT2D eigenvalue weighted by molar-refractivity contribution is 8.00. The predicted molar refractivity (Wildman–Crippen MR) is 110 cm³/mol. The number of thioether (sulfide) groups is 1. The normalized spacial score (nSPS) is 22.3. The molecule has 7 heteroatoms. The van der Waals surface area contributed by atoms with E-state index in [1.807, 2.05) is 35.2 Å². The fraction of sp³-hybridized carbons (Fsp3) is 0.381. The zero-order valence-corrected chi connectivity index (χ0v) is 16.9. The summed E-state index contributed by atoms with van der Waals surface area (Å²) in [6.45, 7) is 1.44. The average Bonchev–Trinajstić information content (AvgIpc) is 3.01. The highest BCUT2D eigenvalue weighted by Crippen LogP contribution is 2.38. The molecule has 2 bridgehead atoms. The van der Waals surface area contributed by atoms with Crippen molar-refractivity contribution in [3.05, 3.63) is 65.7 Å². The molecule has 2 aromatic carbocycles. The molecule has 4 rings (SSSR count). The minimum atomic E-state index is -0.893. The van der Waals surface area contributed by atoms with Gasteiger partial charge in [0.2, 0.25) is 5.91 Å². The Labute approximate surface area is 174 Å². The molecule has 3 atom stereocenters. The molecule has 0 aromatic heterocycles. The van der Waals surface area contributed by atoms with Crippen LogP contribution in [-0.2, 0) is 4.79 Å². The standard InChI is InChI=1S/C21H22F2N2OS.ClH/c22-18-9-8-17(12-19(18)23)27-20(14-4-2-1-3-5-14)21(26)25-11-10-15-6-7-16(13-25)24-15;/h1-5,8-9,12,15-16,20,24H,6-7,10-11,13H2;1H. The molecule has 2 aliphatic heterocycles. The lowest BCUT2D eigenvalue weighted by Crippen LogP contribution is -2.40. The highest BCUT2D eigenvalue weighted by atomic mass is 35.5. The van der Waals surface area contributed by atoms with Crippen molar-refractivity contribution in [3.63, 3.8) is 0 Å². The lowest BCUT2D eigenvalue weighted by atomic mass is 10.1. The molecule has 0 aliphatic carbocycles. The first kappa shape index (κ1) is 21.1. The third-order valence-electron chi connectivity index (χ3n) is 5.31. The molecule has 28 heavy (non-hydrogen) atoms. The first-order valence-corrected chi connectivity index (χ1v) is 10.2. The van der Waals surface area contributed by atoms with Crippen LogP contribution in [0.2, 0.25) is 0 Å². The SMILES string of the molecule is Cl.O=C(C(Sc1ccc(F)c(F)c1)c1ccccc1)N1CCC2CCC(C1)N2. The van der Waals surface area contributed by atoms with E-state index in [1.165, 1.54) is 24.2 Å². The summed E-state index contributed by atoms with van der Waals surface area (Å²) in [5.41, 5.74) is 0.875. The van der Waals surface area contributed by atoms with E-state index >= 15 is 0 Å². The first-order valence-electron chi connectivity index (χ1n) is 9.31. The monoisotopic (exact) mass is 424 g/mol. The van der Waals surface area contributed by atoms with Crippen molar-refractivity contribution in [2.75, 3.05) is 13.1 Å². The second-order valence-electron chi connectivity index (χ2n) is 7.20. The molecule has 2 fully saturated rings. The van der Waals surface area contributed by atoms with E-state index in [2.05, 4.69) is 5.32 Å². The summed E-state index contributed by atoms with van der Waals surface area (Å²) < 4.78 is 26.9. The van der Waals surface area contributed by atoms with Gasteiger partial charge >= 0.3 is 0 Å². The van der Waals surface area contributed by atoms with Crippen molar-refractivity contribution in [1.29, 1.82) is 0 Å². The minimum absolute atomic E-state index is 0. The fourth-order valence-corrected chi connectivity index (χ4v) is 5.02. The van der Waals surface area contributed by atoms with E-state index < -0.39 is 16.9 Å². The Morgan fingerprint density at radius 1 is 1.04 bits per heavy atom. The number of amides is 1. The Morgan fingerprint density at radius 2 is 1.79 bits per heavy atom. The number of carbonyl (C=O) groups excluding carboxylic acids is 1. The average molecular weight is 425 g/mol. The number of hydrogen-bond acceptors (Lipinski definition) is 3. The van der Waals surface area contributed by atoms with Gasteiger partial charge in [-0.25, -0.2) is 8.78 Å². The van der Waals surface area contributed by atoms with Crippen molar-refractivity contribution in [3.8, 4) is 0 Å². The molecule has 2 saturated heterocycles. The Morgan fingerprint density at radius 3 is 2.54 bits per heavy atom. The maximum Gasteiger partial charge on any atom is 0.240 e. The molecule has 2 heterocycles. The van der Waals surface area contributed by atoms with Gasteiger partial charge in [0.15, 0.2) is 11.6 Å². The van der Waals surface area contributed by atoms with Crippen LogP contribution in [0.25, 0.3) is 0 Å². The van der Waals surface area contributed by atoms with Crippen LogP contribution in [0.3, 0.4) is 0 Å². The van der Waals surface area contributed by atoms with Crippen LogP contribution in [0.1, 0.15) is 30.1 Å². The van der Waals surface area contributed by atoms with Gasteiger partial charge < -0.3 is 10.2 Å². The number of nitrogens with zero attached hydrogens (tertiary/aromatic N) is 1. The van der Waals surface area contributed by atoms with Crippen LogP contribution < -0.4 is 5.32 Å². The lowest BCUT2D eigenvalue weighted by Gasteiger charge is -2.28. The Hall–Kier alpha value is -1.63. The van der Waals surface area contributed by atoms with Gasteiger partial charge in [0.05, 0.1) is 0 Å². The van der Waals surface area contributed by atoms with E-state index in [1.54, 1.807) is 0 Å². The number of carbonyl (C=O) groups is 1. The maximum absolute atomic E-state index is 13.7. The van der Waals surface area contributed by atoms with Crippen LogP contribution in [0.5, 0.6) is 0 Å². The zero-order valence-electron chi connectivity index (χ0n) is 15.3. The third-order valence-corrected chi connectivity index (χ3v) is 6.54. The quantitative estimate of drug-likeness (QED) is 0.729. The summed E-state index contributed by atoms with van der Waals surface area (Å²) in [5.74, 6) is -1.74. The summed E-state index contributed by atoms with van der Waals surface area (Å²) >= 11 is 1.27. The topological polar surface area (TPSA) is 32.3 Å². The molecule has 1 N–H and O–H groups in total. The molecule has 150 valence electrons. The second-order valence-corrected chi connectivity index (χ2v) is 8.37. The Bertz CT molecular complexity index is 823. The first-order chi connectivity index (χ1) is 13.1. The molecule has 0 spiro atoms. The van der Waals surface area contributed by atoms with Gasteiger partial charge in [-0.05, 0) is 43.0 Å². The number of likely N-dealkylation sites (tertiary alicyclic amines) is 1. The van der Waals surface area contributed by atoms with Crippen molar-refractivity contribution >= 4 is 30.1 Å². The Balaban J connectivity index is 0.00000225. The number of hydrogen-bond donors (Lipinski definition) is 1. The Kier molecular flexibility index (Phi) is 6.96. The van der Waals surface area contributed by atoms with Gasteiger partial charge in [-0.2, -0.15) is 0 Å². The molecule has 0 radical (unpaired) electrons. The number of benzene rings is 2. The number of nitrogens with one attached hydrogen (secondary N) is 1. The van der Waals surface area contributed by atoms with Gasteiger partial charge in [-0.3, -0.25) is 4.79 Å². The molecular weight excluding hydrogens is 402 g/mol. The van der Waals surface area contributed by atoms with E-state index in [0.29, 0.717) is 23.5 Å². The van der Waals surface area contributed by atoms with E-state index in [4.69, 9.17) is 0 Å². The highest BCUT2D eigenvalue weighted by Gasteiger charge is 2.34. The summed E-state index contributed by atoms with van der Waals surface area (Å²) in [6, 6.07) is 14.2. The summed E-state index contributed by atoms with van der Waals surface area (Å²) in [7, 11) is 0. The predicted octanol–water partition coefficient (Wildman–Crippen LogP) is 4.57. The smallest absolute Gasteiger partial charge is 0.240 e. The van der Waals surface area contributed by atoms with Gasteiger partial charge in [0.1, 0.15) is 5.25 Å². The van der Waals surface area contributed by atoms with Gasteiger partial charge in [-0.1, -0.05) is 30.3 Å². The number of fused-ring (bicyclic) bond motifs is 2. The molecule has 1 amide bonds. The summed E-state index contributed by atoms with van der Waals surface area (Å²) in [5, 5.41) is 3.11. The van der Waals surface area contributed by atoms with Gasteiger partial charge in [0, 0.05) is 30.1 Å². The molecule has 3 nitrogen and oxygen atoms in total. The van der Waals surface area contributed by atoms with E-state index in [9.17, 15) is 13.6 Å². The van der Waals surface area contributed by atoms with Crippen molar-refractivity contribution in [2.45, 2.75) is 41.5 Å². The molecule has 3 unspecified atom stereocenters. The van der Waals surface area contributed by atoms with Gasteiger partial charge in [0.25, 0.3) is 0 Å².